The Hall–Kier alpha value is -3.40. The van der Waals surface area contributed by atoms with E-state index in [4.69, 9.17) is 15.9 Å². The number of fused-ring (bicyclic) bond motifs is 3. The van der Waals surface area contributed by atoms with Gasteiger partial charge in [0.15, 0.2) is 0 Å². The number of carbonyl (C=O) groups is 1. The first-order chi connectivity index (χ1) is 15.6. The van der Waals surface area contributed by atoms with Gasteiger partial charge in [-0.25, -0.2) is 0 Å². The van der Waals surface area contributed by atoms with Crippen LogP contribution in [0.2, 0.25) is 0 Å². The number of amidine groups is 1. The van der Waals surface area contributed by atoms with Gasteiger partial charge in [-0.2, -0.15) is 0 Å². The number of unbranched alkanes of at least 4 members (excludes halogenated alkanes) is 1. The summed E-state index contributed by atoms with van der Waals surface area (Å²) in [6.07, 6.45) is 3.89. The summed E-state index contributed by atoms with van der Waals surface area (Å²) in [6, 6.07) is 25.7. The third-order valence-electron chi connectivity index (χ3n) is 6.84. The summed E-state index contributed by atoms with van der Waals surface area (Å²) >= 11 is 0. The minimum atomic E-state index is -0.0829. The van der Waals surface area contributed by atoms with Crippen molar-refractivity contribution >= 4 is 11.8 Å². The summed E-state index contributed by atoms with van der Waals surface area (Å²) in [5, 5.41) is 7.38. The molecule has 1 saturated heterocycles. The van der Waals surface area contributed by atoms with Crippen LogP contribution in [0.5, 0.6) is 0 Å². The molecule has 0 radical (unpaired) electrons. The molecule has 1 aliphatic carbocycles. The predicted molar refractivity (Wildman–Crippen MR) is 128 cm³/mol. The lowest BCUT2D eigenvalue weighted by atomic mass is 9.84. The molecular formula is C28H28N2O2. The van der Waals surface area contributed by atoms with Gasteiger partial charge in [-0.1, -0.05) is 73.2 Å². The highest BCUT2D eigenvalue weighted by Gasteiger charge is 2.49. The Bertz CT molecular complexity index is 1160. The van der Waals surface area contributed by atoms with Gasteiger partial charge >= 0.3 is 5.97 Å². The quantitative estimate of drug-likeness (QED) is 0.221. The Morgan fingerprint density at radius 2 is 1.62 bits per heavy atom. The van der Waals surface area contributed by atoms with E-state index < -0.39 is 0 Å². The van der Waals surface area contributed by atoms with Crippen LogP contribution in [0.1, 0.15) is 42.7 Å². The van der Waals surface area contributed by atoms with E-state index in [0.29, 0.717) is 6.42 Å². The Labute approximate surface area is 188 Å². The third kappa shape index (κ3) is 3.93. The second kappa shape index (κ2) is 8.62. The summed E-state index contributed by atoms with van der Waals surface area (Å²) in [5.74, 6) is 0.222. The van der Waals surface area contributed by atoms with Gasteiger partial charge in [0.05, 0.1) is 11.8 Å². The van der Waals surface area contributed by atoms with Crippen LogP contribution in [0.4, 0.5) is 0 Å². The van der Waals surface area contributed by atoms with E-state index in [1.165, 1.54) is 33.4 Å². The molecule has 0 spiro atoms. The van der Waals surface area contributed by atoms with Crippen molar-refractivity contribution in [3.05, 3.63) is 83.9 Å². The maximum Gasteiger partial charge on any atom is 0.310 e. The molecule has 0 aromatic heterocycles. The zero-order chi connectivity index (χ0) is 22.1. The molecule has 162 valence electrons. The molecule has 3 aromatic carbocycles. The molecule has 4 nitrogen and oxygen atoms in total. The van der Waals surface area contributed by atoms with Gasteiger partial charge in [-0.15, -0.1) is 0 Å². The summed E-state index contributed by atoms with van der Waals surface area (Å²) in [4.78, 5) is 12.5. The van der Waals surface area contributed by atoms with Crippen LogP contribution in [0, 0.1) is 11.3 Å². The van der Waals surface area contributed by atoms with E-state index in [0.717, 1.165) is 25.7 Å². The second-order valence-corrected chi connectivity index (χ2v) is 8.94. The largest absolute Gasteiger partial charge is 0.461 e. The van der Waals surface area contributed by atoms with E-state index in [1.54, 1.807) is 0 Å². The number of ether oxygens (including phenoxy) is 1. The second-order valence-electron chi connectivity index (χ2n) is 8.94. The Kier molecular flexibility index (Phi) is 5.52. The summed E-state index contributed by atoms with van der Waals surface area (Å²) < 4.78 is 5.78. The molecule has 1 unspecified atom stereocenters. The van der Waals surface area contributed by atoms with Crippen LogP contribution in [0.25, 0.3) is 22.3 Å². The lowest BCUT2D eigenvalue weighted by Gasteiger charge is -2.16. The number of benzene rings is 3. The molecular weight excluding hydrogens is 396 g/mol. The summed E-state index contributed by atoms with van der Waals surface area (Å²) in [6.45, 7) is 0. The molecule has 5 rings (SSSR count). The molecule has 32 heavy (non-hydrogen) atoms. The first-order valence-electron chi connectivity index (χ1n) is 11.4. The van der Waals surface area contributed by atoms with Crippen LogP contribution in [-0.2, 0) is 16.0 Å². The van der Waals surface area contributed by atoms with Gasteiger partial charge in [-0.05, 0) is 52.3 Å². The fourth-order valence-corrected chi connectivity index (χ4v) is 5.29. The minimum absolute atomic E-state index is 0.0405. The standard InChI is InChI=1S/C28H28N2O2/c29-26(30)12-5-4-11-24-27-23-14-13-21(16-22(23)17-25(27)32-28(24)31)20-10-6-9-19(15-20)18-7-2-1-3-8-18/h1-3,6-10,13-16,24-25,27H,4-5,11-12,17H2,(H3,29,30)/t24?,25-,27+/m0/s1. The number of hydrogen-bond acceptors (Lipinski definition) is 3. The highest BCUT2D eigenvalue weighted by molar-refractivity contribution is 5.79. The van der Waals surface area contributed by atoms with Crippen LogP contribution < -0.4 is 5.73 Å². The number of hydrogen-bond donors (Lipinski definition) is 2. The van der Waals surface area contributed by atoms with E-state index in [-0.39, 0.29) is 29.7 Å². The van der Waals surface area contributed by atoms with E-state index >= 15 is 0 Å². The minimum Gasteiger partial charge on any atom is -0.461 e. The zero-order valence-corrected chi connectivity index (χ0v) is 18.1. The number of nitrogens with two attached hydrogens (primary N) is 1. The van der Waals surface area contributed by atoms with Crippen LogP contribution in [-0.4, -0.2) is 17.9 Å². The Balaban J connectivity index is 1.37. The zero-order valence-electron chi connectivity index (χ0n) is 18.1. The molecule has 3 N–H and O–H groups in total. The van der Waals surface area contributed by atoms with Gasteiger partial charge in [-0.3, -0.25) is 10.2 Å². The Morgan fingerprint density at radius 1 is 0.906 bits per heavy atom. The van der Waals surface area contributed by atoms with E-state index in [2.05, 4.69) is 66.7 Å². The molecule has 0 amide bonds. The summed E-state index contributed by atoms with van der Waals surface area (Å²) in [7, 11) is 0. The molecule has 1 heterocycles. The van der Waals surface area contributed by atoms with Gasteiger partial charge in [0.25, 0.3) is 0 Å². The number of nitrogens with one attached hydrogen (secondary N) is 1. The molecule has 3 atom stereocenters. The van der Waals surface area contributed by atoms with Crippen molar-refractivity contribution in [2.24, 2.45) is 11.7 Å². The first-order valence-corrected chi connectivity index (χ1v) is 11.4. The monoisotopic (exact) mass is 424 g/mol. The fraction of sp³-hybridized carbons (Fsp3) is 0.286. The van der Waals surface area contributed by atoms with E-state index in [1.807, 2.05) is 6.07 Å². The van der Waals surface area contributed by atoms with Crippen molar-refractivity contribution in [2.75, 3.05) is 0 Å². The number of rotatable bonds is 7. The van der Waals surface area contributed by atoms with Crippen molar-refractivity contribution < 1.29 is 9.53 Å². The summed E-state index contributed by atoms with van der Waals surface area (Å²) in [5.41, 5.74) is 12.8. The molecule has 3 aromatic rings. The number of carbonyl (C=O) groups excluding carboxylic acids is 1. The van der Waals surface area contributed by atoms with Gasteiger partial charge < -0.3 is 10.5 Å². The first kappa shape index (κ1) is 20.5. The lowest BCUT2D eigenvalue weighted by Crippen LogP contribution is -2.15. The highest BCUT2D eigenvalue weighted by atomic mass is 16.6. The topological polar surface area (TPSA) is 76.2 Å². The third-order valence-corrected chi connectivity index (χ3v) is 6.84. The van der Waals surface area contributed by atoms with Gasteiger partial charge in [0.1, 0.15) is 6.10 Å². The van der Waals surface area contributed by atoms with Crippen molar-refractivity contribution in [3.63, 3.8) is 0 Å². The molecule has 0 bridgehead atoms. The molecule has 0 saturated carbocycles. The van der Waals surface area contributed by atoms with Crippen molar-refractivity contribution in [1.82, 2.24) is 0 Å². The molecule has 2 aliphatic rings. The SMILES string of the molecule is N=C(N)CCCCC1C(=O)O[C@H]2Cc3cc(-c4cccc(-c5ccccc5)c4)ccc3[C@H]12. The average Bonchev–Trinajstić information content (AvgIpc) is 3.31. The maximum absolute atomic E-state index is 12.5. The van der Waals surface area contributed by atoms with Crippen molar-refractivity contribution in [3.8, 4) is 22.3 Å². The van der Waals surface area contributed by atoms with Gasteiger partial charge in [0, 0.05) is 18.8 Å². The van der Waals surface area contributed by atoms with Crippen LogP contribution >= 0.6 is 0 Å². The normalized spacial score (nSPS) is 21.1. The predicted octanol–water partition coefficient (Wildman–Crippen LogP) is 5.70. The molecule has 1 aliphatic heterocycles. The van der Waals surface area contributed by atoms with Crippen LogP contribution in [0.15, 0.2) is 72.8 Å². The number of esters is 1. The molecule has 1 fully saturated rings. The van der Waals surface area contributed by atoms with Crippen molar-refractivity contribution in [2.45, 2.75) is 44.1 Å². The smallest absolute Gasteiger partial charge is 0.310 e. The van der Waals surface area contributed by atoms with Crippen LogP contribution in [0.3, 0.4) is 0 Å². The maximum atomic E-state index is 12.5. The Morgan fingerprint density at radius 3 is 2.41 bits per heavy atom. The van der Waals surface area contributed by atoms with E-state index in [9.17, 15) is 4.79 Å². The van der Waals surface area contributed by atoms with Gasteiger partial charge in [0.2, 0.25) is 0 Å². The van der Waals surface area contributed by atoms with Crippen molar-refractivity contribution in [1.29, 1.82) is 5.41 Å². The fourth-order valence-electron chi connectivity index (χ4n) is 5.29. The lowest BCUT2D eigenvalue weighted by molar-refractivity contribution is -0.144. The highest BCUT2D eigenvalue weighted by Crippen LogP contribution is 2.48. The average molecular weight is 425 g/mol. The molecule has 4 heteroatoms.